The van der Waals surface area contributed by atoms with Crippen LogP contribution in [0.25, 0.3) is 0 Å². The molecule has 5 aliphatic rings. The van der Waals surface area contributed by atoms with E-state index in [0.717, 1.165) is 61.7 Å². The maximum absolute atomic E-state index is 12.2. The molecule has 0 saturated heterocycles. The molecule has 5 aliphatic carbocycles. The highest BCUT2D eigenvalue weighted by Crippen LogP contribution is 2.65. The molecule has 148 valence electrons. The summed E-state index contributed by atoms with van der Waals surface area (Å²) in [6.45, 7) is 6.53. The first kappa shape index (κ1) is 18.1. The fourth-order valence-corrected chi connectivity index (χ4v) is 9.05. The zero-order valence-electron chi connectivity index (χ0n) is 17.0. The number of allylic oxidation sites excluding steroid dienone is 1. The van der Waals surface area contributed by atoms with Gasteiger partial charge in [-0.05, 0) is 112 Å². The highest BCUT2D eigenvalue weighted by molar-refractivity contribution is 5.79. The number of ketones is 1. The second-order valence-electron chi connectivity index (χ2n) is 10.9. The summed E-state index contributed by atoms with van der Waals surface area (Å²) in [5.41, 5.74) is 1.28. The molecule has 5 saturated carbocycles. The molecule has 0 N–H and O–H groups in total. The average molecular weight is 369 g/mol. The van der Waals surface area contributed by atoms with Crippen LogP contribution in [-0.2, 0) is 9.59 Å². The second kappa shape index (κ2) is 6.56. The SMILES string of the molecule is C=C(C)[C@@H]1CCC2(C=O)CC[C@@H]3C(CCC4[C@H]5CCC(=O)CC5CC[C@H]43)C12. The van der Waals surface area contributed by atoms with Crippen molar-refractivity contribution in [3.8, 4) is 0 Å². The van der Waals surface area contributed by atoms with Crippen LogP contribution < -0.4 is 0 Å². The lowest BCUT2D eigenvalue weighted by molar-refractivity contribution is -0.135. The Morgan fingerprint density at radius 2 is 1.59 bits per heavy atom. The lowest BCUT2D eigenvalue weighted by atomic mass is 9.46. The van der Waals surface area contributed by atoms with E-state index < -0.39 is 0 Å². The van der Waals surface area contributed by atoms with E-state index in [0.29, 0.717) is 23.5 Å². The first-order chi connectivity index (χ1) is 13.0. The van der Waals surface area contributed by atoms with Crippen LogP contribution in [0, 0.1) is 52.8 Å². The largest absolute Gasteiger partial charge is 0.303 e. The smallest absolute Gasteiger partial charge is 0.133 e. The molecule has 0 amide bonds. The molecule has 0 aliphatic heterocycles. The van der Waals surface area contributed by atoms with Gasteiger partial charge in [-0.1, -0.05) is 12.2 Å². The Morgan fingerprint density at radius 1 is 0.926 bits per heavy atom. The molecule has 0 bridgehead atoms. The number of carbonyl (C=O) groups excluding carboxylic acids is 2. The maximum atomic E-state index is 12.2. The van der Waals surface area contributed by atoms with Crippen molar-refractivity contribution >= 4 is 12.1 Å². The van der Waals surface area contributed by atoms with Crippen LogP contribution in [0.1, 0.15) is 77.6 Å². The molecule has 5 fully saturated rings. The third-order valence-electron chi connectivity index (χ3n) is 10.0. The Bertz CT molecular complexity index is 651. The van der Waals surface area contributed by atoms with Crippen molar-refractivity contribution in [1.82, 2.24) is 0 Å². The molecule has 9 atom stereocenters. The minimum atomic E-state index is -0.0356. The molecule has 0 aromatic carbocycles. The van der Waals surface area contributed by atoms with Crippen LogP contribution in [0.3, 0.4) is 0 Å². The number of hydrogen-bond donors (Lipinski definition) is 0. The average Bonchev–Trinajstić information content (AvgIpc) is 3.07. The van der Waals surface area contributed by atoms with Crippen molar-refractivity contribution in [2.75, 3.05) is 0 Å². The van der Waals surface area contributed by atoms with Crippen LogP contribution >= 0.6 is 0 Å². The van der Waals surface area contributed by atoms with Crippen LogP contribution in [0.4, 0.5) is 0 Å². The zero-order valence-corrected chi connectivity index (χ0v) is 17.0. The van der Waals surface area contributed by atoms with Crippen molar-refractivity contribution in [3.05, 3.63) is 12.2 Å². The minimum Gasteiger partial charge on any atom is -0.303 e. The number of aldehydes is 1. The molecular weight excluding hydrogens is 332 g/mol. The Balaban J connectivity index is 1.42. The molecule has 27 heavy (non-hydrogen) atoms. The van der Waals surface area contributed by atoms with Crippen LogP contribution in [0.15, 0.2) is 12.2 Å². The van der Waals surface area contributed by atoms with Gasteiger partial charge < -0.3 is 4.79 Å². The number of rotatable bonds is 2. The van der Waals surface area contributed by atoms with E-state index in [1.54, 1.807) is 0 Å². The molecule has 0 radical (unpaired) electrons. The fourth-order valence-electron chi connectivity index (χ4n) is 9.05. The van der Waals surface area contributed by atoms with Crippen molar-refractivity contribution in [3.63, 3.8) is 0 Å². The van der Waals surface area contributed by atoms with Crippen molar-refractivity contribution in [2.45, 2.75) is 77.6 Å². The summed E-state index contributed by atoms with van der Waals surface area (Å²) in [6, 6.07) is 0. The summed E-state index contributed by atoms with van der Waals surface area (Å²) in [6.07, 6.45) is 14.2. The predicted octanol–water partition coefficient (Wildman–Crippen LogP) is 5.61. The van der Waals surface area contributed by atoms with Gasteiger partial charge in [0.1, 0.15) is 12.1 Å². The number of carbonyl (C=O) groups is 2. The summed E-state index contributed by atoms with van der Waals surface area (Å²) in [5, 5.41) is 0. The molecule has 0 aromatic rings. The van der Waals surface area contributed by atoms with Crippen molar-refractivity contribution < 1.29 is 9.59 Å². The highest BCUT2D eigenvalue weighted by atomic mass is 16.1. The summed E-state index contributed by atoms with van der Waals surface area (Å²) >= 11 is 0. The Hall–Kier alpha value is -0.920. The predicted molar refractivity (Wildman–Crippen MR) is 107 cm³/mol. The van der Waals surface area contributed by atoms with Gasteiger partial charge in [-0.3, -0.25) is 4.79 Å². The molecule has 0 spiro atoms. The normalized spacial score (nSPS) is 51.5. The molecular formula is C25H36O2. The van der Waals surface area contributed by atoms with E-state index in [2.05, 4.69) is 13.5 Å². The van der Waals surface area contributed by atoms with Crippen molar-refractivity contribution in [1.29, 1.82) is 0 Å². The van der Waals surface area contributed by atoms with E-state index in [1.807, 2.05) is 0 Å². The molecule has 0 heterocycles. The minimum absolute atomic E-state index is 0.0356. The lowest BCUT2D eigenvalue weighted by Gasteiger charge is -2.58. The van der Waals surface area contributed by atoms with E-state index >= 15 is 0 Å². The van der Waals surface area contributed by atoms with Crippen LogP contribution in [0.2, 0.25) is 0 Å². The number of hydrogen-bond acceptors (Lipinski definition) is 2. The van der Waals surface area contributed by atoms with E-state index in [-0.39, 0.29) is 5.41 Å². The molecule has 2 heteroatoms. The van der Waals surface area contributed by atoms with Gasteiger partial charge in [-0.15, -0.1) is 0 Å². The monoisotopic (exact) mass is 368 g/mol. The molecule has 0 aromatic heterocycles. The van der Waals surface area contributed by atoms with Gasteiger partial charge in [0.15, 0.2) is 0 Å². The number of fused-ring (bicyclic) bond motifs is 7. The lowest BCUT2D eigenvalue weighted by Crippen LogP contribution is -2.52. The topological polar surface area (TPSA) is 34.1 Å². The van der Waals surface area contributed by atoms with Gasteiger partial charge in [0.25, 0.3) is 0 Å². The quantitative estimate of drug-likeness (QED) is 0.469. The van der Waals surface area contributed by atoms with Gasteiger partial charge >= 0.3 is 0 Å². The Labute approximate surface area is 164 Å². The van der Waals surface area contributed by atoms with E-state index in [1.165, 1.54) is 50.4 Å². The summed E-state index contributed by atoms with van der Waals surface area (Å²) < 4.78 is 0. The zero-order chi connectivity index (χ0) is 18.8. The number of Topliss-reactive ketones (excluding diaryl/α,β-unsaturated/α-hetero) is 1. The first-order valence-corrected chi connectivity index (χ1v) is 11.7. The van der Waals surface area contributed by atoms with Crippen LogP contribution in [-0.4, -0.2) is 12.1 Å². The Kier molecular flexibility index (Phi) is 4.41. The van der Waals surface area contributed by atoms with E-state index in [9.17, 15) is 9.59 Å². The van der Waals surface area contributed by atoms with E-state index in [4.69, 9.17) is 0 Å². The fraction of sp³-hybridized carbons (Fsp3) is 0.840. The van der Waals surface area contributed by atoms with Gasteiger partial charge in [-0.25, -0.2) is 0 Å². The van der Waals surface area contributed by atoms with Gasteiger partial charge in [-0.2, -0.15) is 0 Å². The van der Waals surface area contributed by atoms with Gasteiger partial charge in [0, 0.05) is 18.3 Å². The third-order valence-corrected chi connectivity index (χ3v) is 10.0. The molecule has 5 unspecified atom stereocenters. The standard InChI is InChI=1S/C25H36O2/c1-15(2)18-9-11-25(14-26)12-10-22-21-5-3-16-13-17(27)4-6-19(16)20(21)7-8-23(22)24(18)25/h14,16,18-24H,1,3-13H2,2H3/t16?,18-,19-,20?,21+,22-,23?,24?,25?/m0/s1. The molecule has 5 rings (SSSR count). The summed E-state index contributed by atoms with van der Waals surface area (Å²) in [4.78, 5) is 24.2. The third kappa shape index (κ3) is 2.64. The highest BCUT2D eigenvalue weighted by Gasteiger charge is 2.59. The van der Waals surface area contributed by atoms with Crippen LogP contribution in [0.5, 0.6) is 0 Å². The first-order valence-electron chi connectivity index (χ1n) is 11.7. The summed E-state index contributed by atoms with van der Waals surface area (Å²) in [5.74, 6) is 6.49. The maximum Gasteiger partial charge on any atom is 0.133 e. The van der Waals surface area contributed by atoms with Crippen molar-refractivity contribution in [2.24, 2.45) is 52.8 Å². The second-order valence-corrected chi connectivity index (χ2v) is 10.9. The van der Waals surface area contributed by atoms with Gasteiger partial charge in [0.2, 0.25) is 0 Å². The van der Waals surface area contributed by atoms with Gasteiger partial charge in [0.05, 0.1) is 0 Å². The molecule has 2 nitrogen and oxygen atoms in total. The Morgan fingerprint density at radius 3 is 2.37 bits per heavy atom. The summed E-state index contributed by atoms with van der Waals surface area (Å²) in [7, 11) is 0.